The highest BCUT2D eigenvalue weighted by Gasteiger charge is 2.85. The van der Waals surface area contributed by atoms with Gasteiger partial charge < -0.3 is 14.2 Å². The van der Waals surface area contributed by atoms with E-state index < -0.39 is 35.0 Å². The second-order valence-electron chi connectivity index (χ2n) is 10.1. The maximum atomic E-state index is 13.7. The van der Waals surface area contributed by atoms with Gasteiger partial charge in [0.2, 0.25) is 5.78 Å². The van der Waals surface area contributed by atoms with Gasteiger partial charge in [0.05, 0.1) is 0 Å². The molecule has 3 aliphatic carbocycles. The van der Waals surface area contributed by atoms with Crippen LogP contribution < -0.4 is 0 Å². The van der Waals surface area contributed by atoms with Gasteiger partial charge in [-0.25, -0.2) is 0 Å². The van der Waals surface area contributed by atoms with Gasteiger partial charge in [0.25, 0.3) is 0 Å². The lowest BCUT2D eigenvalue weighted by molar-refractivity contribution is -0.968. The Labute approximate surface area is 180 Å². The van der Waals surface area contributed by atoms with Crippen LogP contribution in [0.2, 0.25) is 0 Å². The van der Waals surface area contributed by atoms with E-state index >= 15 is 0 Å². The summed E-state index contributed by atoms with van der Waals surface area (Å²) in [6.07, 6.45) is 2.86. The Balaban J connectivity index is 1.91. The molecule has 2 heterocycles. The van der Waals surface area contributed by atoms with Crippen molar-refractivity contribution in [2.45, 2.75) is 64.6 Å². The van der Waals surface area contributed by atoms with Crippen molar-refractivity contribution in [3.05, 3.63) is 27.7 Å². The van der Waals surface area contributed by atoms with E-state index in [9.17, 15) is 14.5 Å². The van der Waals surface area contributed by atoms with Crippen molar-refractivity contribution in [3.63, 3.8) is 0 Å². The summed E-state index contributed by atoms with van der Waals surface area (Å²) in [7, 11) is 2.75. The minimum absolute atomic E-state index is 0.0460. The summed E-state index contributed by atoms with van der Waals surface area (Å²) >= 11 is 0. The van der Waals surface area contributed by atoms with Crippen LogP contribution in [0.25, 0.3) is 0 Å². The lowest BCUT2D eigenvalue weighted by Gasteiger charge is -2.53. The number of hydrogen-bond acceptors (Lipinski definition) is 8. The number of hydrogen-bond donors (Lipinski definition) is 0. The summed E-state index contributed by atoms with van der Waals surface area (Å²) in [5.74, 6) is -5.10. The topological polar surface area (TPSA) is 100 Å². The van der Waals surface area contributed by atoms with Gasteiger partial charge in [-0.1, -0.05) is 34.1 Å². The lowest BCUT2D eigenvalue weighted by atomic mass is 9.47. The van der Waals surface area contributed by atoms with Crippen LogP contribution in [0.15, 0.2) is 22.8 Å². The number of allylic oxidation sites excluding steroid dienone is 1. The molecule has 0 N–H and O–H groups in total. The average Bonchev–Trinajstić information content (AvgIpc) is 3.16. The van der Waals surface area contributed by atoms with Crippen molar-refractivity contribution >= 4 is 11.8 Å². The Bertz CT molecular complexity index is 980. The fourth-order valence-electron chi connectivity index (χ4n) is 6.87. The molecule has 0 aromatic carbocycles. The molecule has 2 bridgehead atoms. The molecule has 0 spiro atoms. The number of Topliss-reactive ketones (excluding diaryl/α,β-unsaturated/α-hetero) is 1. The third kappa shape index (κ3) is 2.05. The molecule has 0 aromatic heterocycles. The molecule has 9 heteroatoms. The van der Waals surface area contributed by atoms with Crippen LogP contribution in [0.1, 0.15) is 47.0 Å². The number of carbonyl (C=O) groups excluding carboxylic acids is 2. The van der Waals surface area contributed by atoms with E-state index in [1.807, 2.05) is 27.7 Å². The smallest absolute Gasteiger partial charge is 0.453 e. The molecule has 1 saturated carbocycles. The zero-order valence-electron chi connectivity index (χ0n) is 18.6. The SMILES string of the molecule is COC12O[N+](=O)OC1(OC)C1=C(C=C2C(C)C)C(=O)C2OC(=O)[C@@]13CCCC(C)(C)[C@H]23. The van der Waals surface area contributed by atoms with Crippen LogP contribution in [-0.4, -0.2) is 48.7 Å². The molecule has 5 atom stereocenters. The van der Waals surface area contributed by atoms with Gasteiger partial charge in [0.1, 0.15) is 10.3 Å². The first-order valence-electron chi connectivity index (χ1n) is 10.7. The normalized spacial score (nSPS) is 42.4. The fourth-order valence-corrected chi connectivity index (χ4v) is 6.87. The molecule has 0 amide bonds. The maximum Gasteiger partial charge on any atom is 0.484 e. The Kier molecular flexibility index (Phi) is 3.96. The third-order valence-electron chi connectivity index (χ3n) is 7.95. The fraction of sp³-hybridized carbons (Fsp3) is 0.727. The molecule has 2 aliphatic heterocycles. The predicted octanol–water partition coefficient (Wildman–Crippen LogP) is 2.54. The molecule has 168 valence electrons. The van der Waals surface area contributed by atoms with Crippen molar-refractivity contribution in [2.75, 3.05) is 14.2 Å². The van der Waals surface area contributed by atoms with Gasteiger partial charge in [-0.05, 0) is 30.3 Å². The van der Waals surface area contributed by atoms with E-state index in [2.05, 4.69) is 0 Å². The van der Waals surface area contributed by atoms with Gasteiger partial charge in [0.15, 0.2) is 6.10 Å². The van der Waals surface area contributed by atoms with Gasteiger partial charge in [-0.3, -0.25) is 9.59 Å². The summed E-state index contributed by atoms with van der Waals surface area (Å²) in [6.45, 7) is 7.88. The summed E-state index contributed by atoms with van der Waals surface area (Å²) in [5.41, 5.74) is -0.440. The number of ether oxygens (including phenoxy) is 3. The second kappa shape index (κ2) is 5.95. The largest absolute Gasteiger partial charge is 0.484 e. The molecule has 3 unspecified atom stereocenters. The molecule has 9 nitrogen and oxygen atoms in total. The van der Waals surface area contributed by atoms with Crippen LogP contribution >= 0.6 is 0 Å². The van der Waals surface area contributed by atoms with Crippen molar-refractivity contribution < 1.29 is 38.6 Å². The van der Waals surface area contributed by atoms with Crippen molar-refractivity contribution in [1.29, 1.82) is 0 Å². The zero-order chi connectivity index (χ0) is 22.6. The lowest BCUT2D eigenvalue weighted by Crippen LogP contribution is -2.66. The molecular formula is C22H28NO8+. The number of fused-ring (bicyclic) bond motifs is 2. The van der Waals surface area contributed by atoms with Crippen molar-refractivity contribution in [1.82, 2.24) is 0 Å². The second-order valence-corrected chi connectivity index (χ2v) is 10.1. The summed E-state index contributed by atoms with van der Waals surface area (Å²) in [6, 6.07) is 0. The van der Waals surface area contributed by atoms with E-state index in [-0.39, 0.29) is 27.8 Å². The van der Waals surface area contributed by atoms with Gasteiger partial charge in [-0.2, -0.15) is 0 Å². The number of ketones is 1. The highest BCUT2D eigenvalue weighted by molar-refractivity contribution is 6.10. The number of esters is 1. The summed E-state index contributed by atoms with van der Waals surface area (Å²) in [5, 5.41) is -0.0460. The number of carbonyl (C=O) groups is 2. The zero-order valence-corrected chi connectivity index (χ0v) is 18.6. The predicted molar refractivity (Wildman–Crippen MR) is 104 cm³/mol. The molecular weight excluding hydrogens is 406 g/mol. The van der Waals surface area contributed by atoms with Crippen LogP contribution in [0.5, 0.6) is 0 Å². The summed E-state index contributed by atoms with van der Waals surface area (Å²) < 4.78 is 17.5. The van der Waals surface area contributed by atoms with Gasteiger partial charge in [-0.15, -0.1) is 9.68 Å². The molecule has 3 fully saturated rings. The van der Waals surface area contributed by atoms with Crippen molar-refractivity contribution in [2.24, 2.45) is 22.7 Å². The monoisotopic (exact) mass is 434 g/mol. The Morgan fingerprint density at radius 2 is 1.74 bits per heavy atom. The summed E-state index contributed by atoms with van der Waals surface area (Å²) in [4.78, 5) is 51.0. The number of methoxy groups -OCH3 is 2. The minimum atomic E-state index is -1.94. The van der Waals surface area contributed by atoms with Crippen LogP contribution in [0, 0.1) is 27.6 Å². The van der Waals surface area contributed by atoms with Crippen LogP contribution in [0.3, 0.4) is 0 Å². The average molecular weight is 434 g/mol. The van der Waals surface area contributed by atoms with Gasteiger partial charge >= 0.3 is 22.6 Å². The van der Waals surface area contributed by atoms with Crippen LogP contribution in [0.4, 0.5) is 0 Å². The highest BCUT2D eigenvalue weighted by atomic mass is 17.1. The minimum Gasteiger partial charge on any atom is -0.453 e. The van der Waals surface area contributed by atoms with Gasteiger partial charge in [0, 0.05) is 36.9 Å². The molecule has 0 radical (unpaired) electrons. The Morgan fingerprint density at radius 1 is 1.10 bits per heavy atom. The number of rotatable bonds is 3. The van der Waals surface area contributed by atoms with E-state index in [4.69, 9.17) is 23.9 Å². The van der Waals surface area contributed by atoms with E-state index in [1.54, 1.807) is 6.08 Å². The molecule has 5 rings (SSSR count). The first-order chi connectivity index (χ1) is 14.5. The van der Waals surface area contributed by atoms with E-state index in [0.717, 1.165) is 12.8 Å². The Hall–Kier alpha value is -2.26. The van der Waals surface area contributed by atoms with Crippen molar-refractivity contribution in [3.8, 4) is 0 Å². The molecule has 5 aliphatic rings. The quantitative estimate of drug-likeness (QED) is 0.625. The standard InChI is InChI=1S/C22H28NO8/c1-11(2)13-10-12-14(24)15-17-19(3,4)8-7-9-20(17,18(25)29-15)16(12)22(28-6)21(13,27-5)30-23(26)31-22/h10-11,15,17H,7-9H2,1-6H3/q+1/t15?,17-,20-,21?,22?/m0/s1. The maximum absolute atomic E-state index is 13.7. The Morgan fingerprint density at radius 3 is 2.35 bits per heavy atom. The molecule has 2 saturated heterocycles. The number of nitrogens with zero attached hydrogens (tertiary/aromatic N) is 1. The molecule has 0 aromatic rings. The van der Waals surface area contributed by atoms with E-state index in [1.165, 1.54) is 14.2 Å². The highest BCUT2D eigenvalue weighted by Crippen LogP contribution is 2.69. The first-order valence-corrected chi connectivity index (χ1v) is 10.7. The molecule has 31 heavy (non-hydrogen) atoms. The van der Waals surface area contributed by atoms with E-state index in [0.29, 0.717) is 17.6 Å². The third-order valence-corrected chi connectivity index (χ3v) is 7.95. The first kappa shape index (κ1) is 20.6. The van der Waals surface area contributed by atoms with Crippen LogP contribution in [-0.2, 0) is 33.5 Å².